The van der Waals surface area contributed by atoms with E-state index in [1.807, 2.05) is 0 Å². The van der Waals surface area contributed by atoms with Crippen molar-refractivity contribution < 1.29 is 19.9 Å². The van der Waals surface area contributed by atoms with Crippen molar-refractivity contribution in [2.45, 2.75) is 6.42 Å². The molecule has 2 N–H and O–H groups in total. The smallest absolute Gasteiger partial charge is 0.308 e. The summed E-state index contributed by atoms with van der Waals surface area (Å²) >= 11 is 0. The van der Waals surface area contributed by atoms with Gasteiger partial charge in [0.05, 0.1) is 12.5 Å². The third-order valence-electron chi connectivity index (χ3n) is 1.33. The molecule has 68 valence electrons. The molecule has 0 aliphatic heterocycles. The second kappa shape index (κ2) is 5.31. The van der Waals surface area contributed by atoms with Gasteiger partial charge in [-0.1, -0.05) is 6.08 Å². The molecule has 0 unspecified atom stereocenters. The van der Waals surface area contributed by atoms with Crippen LogP contribution in [0.2, 0.25) is 0 Å². The standard InChI is InChI=1S/C7H11NO4/c1-2-3-6(7(10)11)4-8(12)5-9/h2,5-6,12H,1,3-4H2,(H,10,11)/t6-/m1/s1. The molecule has 0 bridgehead atoms. The highest BCUT2D eigenvalue weighted by atomic mass is 16.5. The summed E-state index contributed by atoms with van der Waals surface area (Å²) in [6.45, 7) is 3.15. The Morgan fingerprint density at radius 2 is 2.25 bits per heavy atom. The van der Waals surface area contributed by atoms with E-state index in [-0.39, 0.29) is 19.4 Å². The summed E-state index contributed by atoms with van der Waals surface area (Å²) in [4.78, 5) is 20.4. The van der Waals surface area contributed by atoms with Crippen molar-refractivity contribution in [3.63, 3.8) is 0 Å². The van der Waals surface area contributed by atoms with E-state index in [2.05, 4.69) is 6.58 Å². The quantitative estimate of drug-likeness (QED) is 0.258. The molecule has 0 aromatic heterocycles. The molecule has 1 atom stereocenters. The number of carboxylic acids is 1. The molecule has 0 spiro atoms. The van der Waals surface area contributed by atoms with Crippen LogP contribution in [0.1, 0.15) is 6.42 Å². The number of hydrogen-bond acceptors (Lipinski definition) is 3. The summed E-state index contributed by atoms with van der Waals surface area (Å²) in [7, 11) is 0. The molecule has 0 radical (unpaired) electrons. The van der Waals surface area contributed by atoms with Crippen LogP contribution in [0.4, 0.5) is 0 Å². The lowest BCUT2D eigenvalue weighted by atomic mass is 10.1. The van der Waals surface area contributed by atoms with Gasteiger partial charge in [-0.05, 0) is 6.42 Å². The van der Waals surface area contributed by atoms with Crippen molar-refractivity contribution in [1.82, 2.24) is 5.06 Å². The monoisotopic (exact) mass is 173 g/mol. The van der Waals surface area contributed by atoms with Gasteiger partial charge in [0.15, 0.2) is 0 Å². The van der Waals surface area contributed by atoms with Gasteiger partial charge in [-0.15, -0.1) is 6.58 Å². The summed E-state index contributed by atoms with van der Waals surface area (Å²) in [6.07, 6.45) is 1.82. The number of carbonyl (C=O) groups excluding carboxylic acids is 1. The molecular formula is C7H11NO4. The van der Waals surface area contributed by atoms with Gasteiger partial charge in [0.1, 0.15) is 0 Å². The van der Waals surface area contributed by atoms with Gasteiger partial charge < -0.3 is 5.11 Å². The minimum atomic E-state index is -1.06. The highest BCUT2D eigenvalue weighted by Gasteiger charge is 2.17. The van der Waals surface area contributed by atoms with Gasteiger partial charge in [0, 0.05) is 0 Å². The van der Waals surface area contributed by atoms with Crippen LogP contribution in [0.5, 0.6) is 0 Å². The third kappa shape index (κ3) is 3.72. The number of allylic oxidation sites excluding steroid dienone is 1. The minimum absolute atomic E-state index is 0.166. The Kier molecular flexibility index (Phi) is 4.71. The molecule has 0 aromatic rings. The first-order valence-corrected chi connectivity index (χ1v) is 3.36. The van der Waals surface area contributed by atoms with E-state index in [9.17, 15) is 9.59 Å². The Morgan fingerprint density at radius 1 is 1.67 bits per heavy atom. The van der Waals surface area contributed by atoms with Gasteiger partial charge in [-0.3, -0.25) is 14.8 Å². The Morgan fingerprint density at radius 3 is 2.58 bits per heavy atom. The Labute approximate surface area is 69.9 Å². The van der Waals surface area contributed by atoms with Crippen LogP contribution in [0.3, 0.4) is 0 Å². The molecule has 5 nitrogen and oxygen atoms in total. The highest BCUT2D eigenvalue weighted by molar-refractivity contribution is 5.70. The van der Waals surface area contributed by atoms with Gasteiger partial charge in [-0.2, -0.15) is 0 Å². The topological polar surface area (TPSA) is 77.8 Å². The molecule has 0 aliphatic carbocycles. The lowest BCUT2D eigenvalue weighted by molar-refractivity contribution is -0.158. The van der Waals surface area contributed by atoms with Crippen molar-refractivity contribution in [3.8, 4) is 0 Å². The fourth-order valence-electron chi connectivity index (χ4n) is 0.723. The van der Waals surface area contributed by atoms with E-state index in [1.54, 1.807) is 0 Å². The van der Waals surface area contributed by atoms with Crippen LogP contribution in [0, 0.1) is 5.92 Å². The third-order valence-corrected chi connectivity index (χ3v) is 1.33. The molecule has 0 rings (SSSR count). The number of hydrogen-bond donors (Lipinski definition) is 2. The van der Waals surface area contributed by atoms with Gasteiger partial charge in [0.2, 0.25) is 6.41 Å². The van der Waals surface area contributed by atoms with Gasteiger partial charge >= 0.3 is 5.97 Å². The van der Waals surface area contributed by atoms with Crippen molar-refractivity contribution >= 4 is 12.4 Å². The number of hydroxylamine groups is 2. The maximum Gasteiger partial charge on any atom is 0.308 e. The zero-order chi connectivity index (χ0) is 9.56. The van der Waals surface area contributed by atoms with Crippen LogP contribution < -0.4 is 0 Å². The average molecular weight is 173 g/mol. The summed E-state index contributed by atoms with van der Waals surface area (Å²) in [6, 6.07) is 0. The van der Waals surface area contributed by atoms with E-state index in [4.69, 9.17) is 10.3 Å². The summed E-state index contributed by atoms with van der Waals surface area (Å²) in [5.41, 5.74) is 0. The first kappa shape index (κ1) is 10.6. The zero-order valence-electron chi connectivity index (χ0n) is 6.51. The molecule has 5 heteroatoms. The van der Waals surface area contributed by atoms with Crippen LogP contribution >= 0.6 is 0 Å². The molecule has 0 aliphatic rings. The average Bonchev–Trinajstić information content (AvgIpc) is 2.03. The van der Waals surface area contributed by atoms with Crippen molar-refractivity contribution in [2.24, 2.45) is 5.92 Å². The highest BCUT2D eigenvalue weighted by Crippen LogP contribution is 2.04. The second-order valence-electron chi connectivity index (χ2n) is 2.29. The first-order valence-electron chi connectivity index (χ1n) is 3.36. The maximum absolute atomic E-state index is 10.4. The predicted octanol–water partition coefficient (Wildman–Crippen LogP) is 0.111. The summed E-state index contributed by atoms with van der Waals surface area (Å²) < 4.78 is 0. The van der Waals surface area contributed by atoms with Crippen LogP contribution in [-0.4, -0.2) is 34.3 Å². The Balaban J connectivity index is 4.02. The molecule has 12 heavy (non-hydrogen) atoms. The summed E-state index contributed by atoms with van der Waals surface area (Å²) in [5.74, 6) is -1.85. The maximum atomic E-state index is 10.4. The van der Waals surface area contributed by atoms with E-state index < -0.39 is 11.9 Å². The lowest BCUT2D eigenvalue weighted by Gasteiger charge is -2.13. The van der Waals surface area contributed by atoms with Crippen LogP contribution in [-0.2, 0) is 9.59 Å². The minimum Gasteiger partial charge on any atom is -0.481 e. The number of carboxylic acid groups (broad SMARTS) is 1. The SMILES string of the molecule is C=CC[C@H](CN(O)C=O)C(=O)O. The van der Waals surface area contributed by atoms with E-state index in [0.717, 1.165) is 0 Å². The largest absolute Gasteiger partial charge is 0.481 e. The number of aliphatic carboxylic acids is 1. The fourth-order valence-corrected chi connectivity index (χ4v) is 0.723. The molecule has 1 amide bonds. The van der Waals surface area contributed by atoms with Gasteiger partial charge in [0.25, 0.3) is 0 Å². The Bertz CT molecular complexity index is 180. The zero-order valence-corrected chi connectivity index (χ0v) is 6.51. The molecular weight excluding hydrogens is 162 g/mol. The van der Waals surface area contributed by atoms with E-state index in [0.29, 0.717) is 5.06 Å². The normalized spacial score (nSPS) is 11.8. The number of nitrogens with zero attached hydrogens (tertiary/aromatic N) is 1. The van der Waals surface area contributed by atoms with Crippen molar-refractivity contribution in [1.29, 1.82) is 0 Å². The summed E-state index contributed by atoms with van der Waals surface area (Å²) in [5, 5.41) is 17.5. The Hall–Kier alpha value is -1.36. The molecule has 0 saturated carbocycles. The molecule has 0 saturated heterocycles. The number of rotatable bonds is 6. The van der Waals surface area contributed by atoms with E-state index in [1.165, 1.54) is 6.08 Å². The van der Waals surface area contributed by atoms with Crippen molar-refractivity contribution in [2.75, 3.05) is 6.54 Å². The molecule has 0 heterocycles. The first-order chi connectivity index (χ1) is 5.61. The van der Waals surface area contributed by atoms with Crippen molar-refractivity contribution in [3.05, 3.63) is 12.7 Å². The molecule has 0 fully saturated rings. The number of carbonyl (C=O) groups is 2. The molecule has 0 aromatic carbocycles. The second-order valence-corrected chi connectivity index (χ2v) is 2.29. The fraction of sp³-hybridized carbons (Fsp3) is 0.429. The number of amides is 1. The van der Waals surface area contributed by atoms with Crippen LogP contribution in [0.25, 0.3) is 0 Å². The van der Waals surface area contributed by atoms with E-state index >= 15 is 0 Å². The predicted molar refractivity (Wildman–Crippen MR) is 40.5 cm³/mol. The van der Waals surface area contributed by atoms with Gasteiger partial charge in [-0.25, -0.2) is 5.06 Å². The van der Waals surface area contributed by atoms with Crippen LogP contribution in [0.15, 0.2) is 12.7 Å². The lowest BCUT2D eigenvalue weighted by Crippen LogP contribution is -2.29.